The number of allylic oxidation sites excluding steroid dienone is 7. The maximum Gasteiger partial charge on any atom is 0 e. The summed E-state index contributed by atoms with van der Waals surface area (Å²) in [6.45, 7) is 10.0. The van der Waals surface area contributed by atoms with Gasteiger partial charge in [0, 0.05) is 25.8 Å². The Balaban J connectivity index is 0.000000217. The molecule has 0 aliphatic heterocycles. The summed E-state index contributed by atoms with van der Waals surface area (Å²) in [5.74, 6) is 0.884. The van der Waals surface area contributed by atoms with E-state index in [1.807, 2.05) is 19.1 Å². The van der Waals surface area contributed by atoms with Gasteiger partial charge in [-0.15, -0.1) is 66.8 Å². The van der Waals surface area contributed by atoms with Crippen molar-refractivity contribution in [3.8, 4) is 0 Å². The Bertz CT molecular complexity index is 743. The van der Waals surface area contributed by atoms with Crippen LogP contribution in [0.3, 0.4) is 0 Å². The topological polar surface area (TPSA) is 0 Å². The quantitative estimate of drug-likeness (QED) is 0.164. The van der Waals surface area contributed by atoms with Crippen LogP contribution in [-0.2, 0) is 25.8 Å². The molecule has 1 unspecified atom stereocenters. The van der Waals surface area contributed by atoms with Crippen molar-refractivity contribution in [2.45, 2.75) is 26.2 Å². The van der Waals surface area contributed by atoms with Crippen molar-refractivity contribution in [3.63, 3.8) is 0 Å². The van der Waals surface area contributed by atoms with Crippen molar-refractivity contribution >= 4 is 24.0 Å². The predicted molar refractivity (Wildman–Crippen MR) is 122 cm³/mol. The second-order valence-electron chi connectivity index (χ2n) is 6.81. The molecule has 0 amide bonds. The monoisotopic (exact) mass is 542 g/mol. The fourth-order valence-electron chi connectivity index (χ4n) is 3.19. The van der Waals surface area contributed by atoms with Gasteiger partial charge in [-0.25, -0.2) is 18.1 Å². The number of hydrogen-bond donors (Lipinski definition) is 0. The molecule has 142 valence electrons. The van der Waals surface area contributed by atoms with E-state index in [-0.39, 0.29) is 33.8 Å². The molecule has 0 bridgehead atoms. The fourth-order valence-corrected chi connectivity index (χ4v) is 3.99. The maximum atomic E-state index is 3.46. The molecule has 0 N–H and O–H groups in total. The van der Waals surface area contributed by atoms with Crippen molar-refractivity contribution in [2.24, 2.45) is 5.92 Å². The molecule has 2 aliphatic rings. The third-order valence-electron chi connectivity index (χ3n) is 4.66. The first-order valence-corrected chi connectivity index (χ1v) is 11.7. The zero-order chi connectivity index (χ0) is 18.8. The van der Waals surface area contributed by atoms with Gasteiger partial charge in [-0.2, -0.15) is 6.07 Å². The minimum absolute atomic E-state index is 0. The van der Waals surface area contributed by atoms with Crippen LogP contribution in [0.25, 0.3) is 10.8 Å². The van der Waals surface area contributed by atoms with E-state index in [2.05, 4.69) is 81.0 Å². The molecule has 2 aromatic rings. The Hall–Kier alpha value is -1.04. The first-order valence-electron chi connectivity index (χ1n) is 9.42. The Morgan fingerprint density at radius 3 is 2.59 bits per heavy atom. The molecule has 0 spiro atoms. The minimum atomic E-state index is 0. The van der Waals surface area contributed by atoms with E-state index in [0.29, 0.717) is 0 Å². The van der Waals surface area contributed by atoms with Crippen molar-refractivity contribution in [3.05, 3.63) is 91.4 Å². The van der Waals surface area contributed by atoms with E-state index in [4.69, 9.17) is 0 Å². The van der Waals surface area contributed by atoms with Gasteiger partial charge in [0.15, 0.2) is 0 Å². The summed E-state index contributed by atoms with van der Waals surface area (Å²) in [5.41, 5.74) is 1.58. The molecule has 2 aliphatic carbocycles. The van der Waals surface area contributed by atoms with Gasteiger partial charge in [-0.3, -0.25) is 0 Å². The Labute approximate surface area is 186 Å². The van der Waals surface area contributed by atoms with E-state index in [9.17, 15) is 0 Å². The molecule has 0 nitrogen and oxygen atoms in total. The fraction of sp³-hybridized carbons (Fsp3) is 0.280. The van der Waals surface area contributed by atoms with Crippen molar-refractivity contribution in [1.29, 1.82) is 0 Å². The van der Waals surface area contributed by atoms with E-state index < -0.39 is 0 Å². The summed E-state index contributed by atoms with van der Waals surface area (Å²) >= 11 is 0. The smallest absolute Gasteiger partial charge is 0 e. The first kappa shape index (κ1) is 24.0. The van der Waals surface area contributed by atoms with Crippen molar-refractivity contribution in [1.82, 2.24) is 0 Å². The summed E-state index contributed by atoms with van der Waals surface area (Å²) in [6, 6.07) is 13.2. The van der Waals surface area contributed by atoms with E-state index >= 15 is 0 Å². The van der Waals surface area contributed by atoms with E-state index in [0.717, 1.165) is 5.92 Å². The van der Waals surface area contributed by atoms with Gasteiger partial charge in [0.2, 0.25) is 0 Å². The molecule has 0 radical (unpaired) electrons. The van der Waals surface area contributed by atoms with Crippen LogP contribution in [0.2, 0.25) is 0 Å². The van der Waals surface area contributed by atoms with Crippen molar-refractivity contribution in [2.75, 3.05) is 13.3 Å². The van der Waals surface area contributed by atoms with Crippen LogP contribution < -0.4 is 5.30 Å². The summed E-state index contributed by atoms with van der Waals surface area (Å²) in [7, 11) is 0.0576. The molecule has 2 aromatic carbocycles. The van der Waals surface area contributed by atoms with Crippen LogP contribution in [0.15, 0.2) is 85.0 Å². The van der Waals surface area contributed by atoms with Crippen LogP contribution in [0, 0.1) is 12.3 Å². The van der Waals surface area contributed by atoms with Crippen LogP contribution in [0.1, 0.15) is 26.2 Å². The third kappa shape index (κ3) is 7.84. The summed E-state index contributed by atoms with van der Waals surface area (Å²) in [6.07, 6.45) is 18.6. The molecule has 4 rings (SSSR count). The Morgan fingerprint density at radius 2 is 2.00 bits per heavy atom. The van der Waals surface area contributed by atoms with Crippen molar-refractivity contribution < 1.29 is 25.8 Å². The average molecular weight is 541 g/mol. The number of fused-ring (bicyclic) bond motifs is 2. The molecule has 1 atom stereocenters. The summed E-state index contributed by atoms with van der Waals surface area (Å²) in [4.78, 5) is 0. The van der Waals surface area contributed by atoms with Gasteiger partial charge in [0.05, 0.1) is 0 Å². The SMILES string of the molecule is C1=CCC2CC[CH-]C2=C1.C=CC=CC.CP(C)c1cc2ccccc2[cH-]1.[Hf]. The van der Waals surface area contributed by atoms with E-state index in [1.54, 1.807) is 11.6 Å². The first-order chi connectivity index (χ1) is 12.7. The molecule has 1 fully saturated rings. The van der Waals surface area contributed by atoms with Gasteiger partial charge >= 0.3 is 0 Å². The molecule has 0 aromatic heterocycles. The number of rotatable bonds is 2. The second-order valence-corrected chi connectivity index (χ2v) is 9.11. The van der Waals surface area contributed by atoms with Gasteiger partial charge in [0.1, 0.15) is 0 Å². The van der Waals surface area contributed by atoms with Crippen LogP contribution in [0.5, 0.6) is 0 Å². The molecule has 27 heavy (non-hydrogen) atoms. The molecule has 1 saturated carbocycles. The standard InChI is InChI=1S/C11H12P.C9H11.C5H8.Hf/c1-12(2)11-7-9-5-3-4-6-10(9)8-11;1-2-5-9-7-3-6-8(9)4-1;1-3-5-4-2;/h3-8H,1-2H3;1-2,4,6,9H,3,5,7H2;3-5H,1H2,2H3;/q2*-1;;. The molecule has 2 heteroatoms. The Kier molecular flexibility index (Phi) is 11.7. The maximum absolute atomic E-state index is 3.46. The largest absolute Gasteiger partial charge is 0.227 e. The average Bonchev–Trinajstić information content (AvgIpc) is 3.30. The molecule has 0 saturated heterocycles. The van der Waals surface area contributed by atoms with Gasteiger partial charge in [-0.1, -0.05) is 37.3 Å². The molecule has 0 heterocycles. The van der Waals surface area contributed by atoms with Gasteiger partial charge < -0.3 is 0 Å². The summed E-state index contributed by atoms with van der Waals surface area (Å²) < 4.78 is 0. The number of benzene rings is 1. The summed E-state index contributed by atoms with van der Waals surface area (Å²) in [5, 5.41) is 4.26. The second kappa shape index (κ2) is 13.2. The zero-order valence-corrected chi connectivity index (χ0v) is 21.3. The normalized spacial score (nSPS) is 17.0. The molecular formula is C25H31HfP-2. The van der Waals surface area contributed by atoms with Crippen LogP contribution in [0.4, 0.5) is 0 Å². The van der Waals surface area contributed by atoms with Crippen LogP contribution >= 0.6 is 7.92 Å². The molecular weight excluding hydrogens is 510 g/mol. The zero-order valence-electron chi connectivity index (χ0n) is 16.9. The predicted octanol–water partition coefficient (Wildman–Crippen LogP) is 7.16. The number of hydrogen-bond acceptors (Lipinski definition) is 0. The van der Waals surface area contributed by atoms with Gasteiger partial charge in [-0.05, 0) is 32.6 Å². The third-order valence-corrected chi connectivity index (χ3v) is 5.95. The van der Waals surface area contributed by atoms with Gasteiger partial charge in [0.25, 0.3) is 0 Å². The Morgan fingerprint density at radius 1 is 1.22 bits per heavy atom. The van der Waals surface area contributed by atoms with E-state index in [1.165, 1.54) is 35.3 Å². The van der Waals surface area contributed by atoms with Crippen LogP contribution in [-0.4, -0.2) is 13.3 Å². The minimum Gasteiger partial charge on any atom is -0.227 e.